The Balaban J connectivity index is 0. The third-order valence-electron chi connectivity index (χ3n) is 2.97. The van der Waals surface area contributed by atoms with E-state index < -0.39 is 0 Å². The number of carbonyl (C=O) groups is 1. The van der Waals surface area contributed by atoms with Crippen LogP contribution in [0.1, 0.15) is 77.6 Å². The fourth-order valence-corrected chi connectivity index (χ4v) is 2.72. The minimum Gasteiger partial charge on any atom is -0.275 e. The number of hydrogen-bond donors (Lipinski definition) is 1. The van der Waals surface area contributed by atoms with Crippen LogP contribution in [0.4, 0.5) is 4.79 Å². The molecule has 0 aromatic rings. The van der Waals surface area contributed by atoms with Crippen molar-refractivity contribution < 1.29 is 25.9 Å². The van der Waals surface area contributed by atoms with Crippen LogP contribution in [-0.4, -0.2) is 10.2 Å². The normalized spacial score (nSPS) is 10.1. The molecule has 0 radical (unpaired) electrons. The summed E-state index contributed by atoms with van der Waals surface area (Å²) in [5.74, 6) is 0.944. The first kappa shape index (κ1) is 21.4. The minimum absolute atomic E-state index is 0. The number of unbranched alkanes of at least 4 members (excludes halogenated alkanes) is 10. The van der Waals surface area contributed by atoms with Crippen molar-refractivity contribution in [1.29, 1.82) is 0 Å². The van der Waals surface area contributed by atoms with Gasteiger partial charge in [0.05, 0.1) is 0 Å². The van der Waals surface area contributed by atoms with Gasteiger partial charge in [0.15, 0.2) is 0 Å². The summed E-state index contributed by atoms with van der Waals surface area (Å²) in [4.78, 5) is 10.6. The Morgan fingerprint density at radius 3 is 1.61 bits per heavy atom. The molecule has 0 aromatic heterocycles. The van der Waals surface area contributed by atoms with E-state index in [0.29, 0.717) is 0 Å². The van der Waals surface area contributed by atoms with Crippen molar-refractivity contribution in [2.24, 2.45) is 0 Å². The van der Waals surface area contributed by atoms with Crippen molar-refractivity contribution in [3.8, 4) is 0 Å². The van der Waals surface area contributed by atoms with Crippen LogP contribution in [0, 0.1) is 0 Å². The second kappa shape index (κ2) is 18.1. The average molecular weight is 372 g/mol. The molecule has 108 valence electrons. The molecule has 0 aliphatic rings. The topological polar surface area (TPSA) is 17.1 Å². The summed E-state index contributed by atoms with van der Waals surface area (Å²) < 4.78 is -0.0444. The van der Waals surface area contributed by atoms with Gasteiger partial charge in [0.2, 0.25) is 4.45 Å². The predicted octanol–water partition coefficient (Wildman–Crippen LogP) is 6.08. The van der Waals surface area contributed by atoms with Crippen molar-refractivity contribution >= 4 is 28.8 Å². The summed E-state index contributed by atoms with van der Waals surface area (Å²) in [6, 6.07) is 0. The maximum atomic E-state index is 10.6. The standard InChI is InChI=1S/C14H28OS2.Mo/c1-2-3-4-5-6-7-8-9-10-11-12-13-17-14(15)16;/h2-13H2,1H3,(H,15,16);. The number of thioether (sulfide) groups is 1. The molecular weight excluding hydrogens is 344 g/mol. The van der Waals surface area contributed by atoms with E-state index in [2.05, 4.69) is 19.6 Å². The first-order valence-corrected chi connectivity index (χ1v) is 8.56. The third kappa shape index (κ3) is 19.4. The van der Waals surface area contributed by atoms with E-state index in [1.807, 2.05) is 0 Å². The van der Waals surface area contributed by atoms with Gasteiger partial charge in [-0.25, -0.2) is 0 Å². The molecule has 1 nitrogen and oxygen atoms in total. The Bertz CT molecular complexity index is 177. The number of thiol groups is 1. The van der Waals surface area contributed by atoms with Crippen LogP contribution >= 0.6 is 24.4 Å². The maximum absolute atomic E-state index is 10.6. The molecule has 4 heteroatoms. The van der Waals surface area contributed by atoms with Gasteiger partial charge in [-0.1, -0.05) is 95.5 Å². The van der Waals surface area contributed by atoms with Gasteiger partial charge in [0.1, 0.15) is 0 Å². The van der Waals surface area contributed by atoms with Gasteiger partial charge < -0.3 is 0 Å². The molecule has 0 rings (SSSR count). The Kier molecular flexibility index (Phi) is 21.4. The molecule has 0 spiro atoms. The third-order valence-corrected chi connectivity index (χ3v) is 4.10. The average Bonchev–Trinajstić information content (AvgIpc) is 2.30. The SMILES string of the molecule is CCCCCCCCCCCCCSC(=O)S.[Mo]. The van der Waals surface area contributed by atoms with Crippen LogP contribution in [0.5, 0.6) is 0 Å². The second-order valence-electron chi connectivity index (χ2n) is 4.65. The smallest absolute Gasteiger partial charge is 0.243 e. The van der Waals surface area contributed by atoms with E-state index in [4.69, 9.17) is 0 Å². The Morgan fingerprint density at radius 2 is 1.22 bits per heavy atom. The molecule has 18 heavy (non-hydrogen) atoms. The largest absolute Gasteiger partial charge is 0.275 e. The zero-order valence-electron chi connectivity index (χ0n) is 11.7. The van der Waals surface area contributed by atoms with Gasteiger partial charge in [-0.3, -0.25) is 4.79 Å². The summed E-state index contributed by atoms with van der Waals surface area (Å²) in [6.07, 6.45) is 14.9. The van der Waals surface area contributed by atoms with Crippen molar-refractivity contribution in [2.75, 3.05) is 5.75 Å². The van der Waals surface area contributed by atoms with Crippen LogP contribution in [-0.2, 0) is 21.1 Å². The molecule has 0 fully saturated rings. The fraction of sp³-hybridized carbons (Fsp3) is 0.929. The summed E-state index contributed by atoms with van der Waals surface area (Å²) >= 11 is 5.06. The molecule has 0 unspecified atom stereocenters. The molecule has 0 atom stereocenters. The molecule has 0 N–H and O–H groups in total. The predicted molar refractivity (Wildman–Crippen MR) is 83.3 cm³/mol. The van der Waals surface area contributed by atoms with Crippen molar-refractivity contribution in [3.05, 3.63) is 0 Å². The van der Waals surface area contributed by atoms with E-state index in [-0.39, 0.29) is 25.5 Å². The molecule has 0 saturated carbocycles. The maximum Gasteiger partial charge on any atom is 0.243 e. The van der Waals surface area contributed by atoms with Crippen LogP contribution in [0.15, 0.2) is 0 Å². The van der Waals surface area contributed by atoms with E-state index in [9.17, 15) is 4.79 Å². The van der Waals surface area contributed by atoms with E-state index in [0.717, 1.165) is 12.2 Å². The number of hydrogen-bond acceptors (Lipinski definition) is 2. The van der Waals surface area contributed by atoms with Gasteiger partial charge in [-0.05, 0) is 6.42 Å². The van der Waals surface area contributed by atoms with Crippen molar-refractivity contribution in [3.63, 3.8) is 0 Å². The van der Waals surface area contributed by atoms with Crippen LogP contribution in [0.25, 0.3) is 0 Å². The van der Waals surface area contributed by atoms with Gasteiger partial charge >= 0.3 is 0 Å². The molecule has 0 aliphatic carbocycles. The zero-order valence-corrected chi connectivity index (χ0v) is 15.4. The van der Waals surface area contributed by atoms with Gasteiger partial charge in [0, 0.05) is 26.8 Å². The Hall–Kier alpha value is 1.06. The Morgan fingerprint density at radius 1 is 0.833 bits per heavy atom. The number of carbonyl (C=O) groups excluding carboxylic acids is 1. The summed E-state index contributed by atoms with van der Waals surface area (Å²) in [5, 5.41) is 0. The van der Waals surface area contributed by atoms with Crippen molar-refractivity contribution in [2.45, 2.75) is 77.6 Å². The van der Waals surface area contributed by atoms with Gasteiger partial charge in [-0.2, -0.15) is 0 Å². The summed E-state index contributed by atoms with van der Waals surface area (Å²) in [5.41, 5.74) is 0. The molecule has 0 aliphatic heterocycles. The van der Waals surface area contributed by atoms with Crippen LogP contribution in [0.3, 0.4) is 0 Å². The fourth-order valence-electron chi connectivity index (χ4n) is 1.93. The van der Waals surface area contributed by atoms with Gasteiger partial charge in [-0.15, -0.1) is 0 Å². The first-order chi connectivity index (χ1) is 8.27. The second-order valence-corrected chi connectivity index (χ2v) is 6.43. The van der Waals surface area contributed by atoms with Crippen LogP contribution in [0.2, 0.25) is 0 Å². The summed E-state index contributed by atoms with van der Waals surface area (Å²) in [7, 11) is 0. The molecular formula is C14H28MoOS2. The number of rotatable bonds is 12. The minimum atomic E-state index is -0.0444. The Labute approximate surface area is 137 Å². The van der Waals surface area contributed by atoms with Crippen LogP contribution < -0.4 is 0 Å². The molecule has 0 aromatic carbocycles. The molecule has 0 bridgehead atoms. The molecule has 0 amide bonds. The van der Waals surface area contributed by atoms with Gasteiger partial charge in [0.25, 0.3) is 0 Å². The van der Waals surface area contributed by atoms with E-state index >= 15 is 0 Å². The monoisotopic (exact) mass is 374 g/mol. The zero-order chi connectivity index (χ0) is 12.8. The molecule has 0 heterocycles. The molecule has 0 saturated heterocycles. The van der Waals surface area contributed by atoms with E-state index in [1.54, 1.807) is 0 Å². The summed E-state index contributed by atoms with van der Waals surface area (Å²) in [6.45, 7) is 2.26. The quantitative estimate of drug-likeness (QED) is 0.254. The van der Waals surface area contributed by atoms with E-state index in [1.165, 1.54) is 76.0 Å². The van der Waals surface area contributed by atoms with Crippen molar-refractivity contribution in [1.82, 2.24) is 0 Å². The first-order valence-electron chi connectivity index (χ1n) is 7.13.